The first-order chi connectivity index (χ1) is 8.92. The monoisotopic (exact) mass is 296 g/mol. The van der Waals surface area contributed by atoms with Gasteiger partial charge in [-0.1, -0.05) is 11.3 Å². The van der Waals surface area contributed by atoms with Gasteiger partial charge in [0.1, 0.15) is 0 Å². The van der Waals surface area contributed by atoms with Crippen molar-refractivity contribution < 1.29 is 18.0 Å². The predicted octanol–water partition coefficient (Wildman–Crippen LogP) is 2.43. The lowest BCUT2D eigenvalue weighted by Gasteiger charge is -2.05. The molecular weight excluding hydrogens is 281 g/mol. The van der Waals surface area contributed by atoms with E-state index in [0.717, 1.165) is 11.3 Å². The van der Waals surface area contributed by atoms with Gasteiger partial charge in [-0.2, -0.15) is 13.2 Å². The van der Waals surface area contributed by atoms with Crippen molar-refractivity contribution in [1.82, 2.24) is 15.5 Å². The molecule has 1 amide bonds. The van der Waals surface area contributed by atoms with E-state index in [2.05, 4.69) is 20.8 Å². The molecule has 1 heterocycles. The zero-order chi connectivity index (χ0) is 14.3. The average Bonchev–Trinajstić information content (AvgIpc) is 2.76. The Kier molecular flexibility index (Phi) is 6.00. The number of hydrogen-bond acceptors (Lipinski definition) is 5. The van der Waals surface area contributed by atoms with Crippen LogP contribution >= 0.6 is 11.3 Å². The molecule has 1 aromatic heterocycles. The number of carbonyl (C=O) groups excluding carboxylic acids is 1. The van der Waals surface area contributed by atoms with Crippen LogP contribution in [0.5, 0.6) is 0 Å². The second-order valence-corrected chi connectivity index (χ2v) is 4.75. The number of halogens is 3. The summed E-state index contributed by atoms with van der Waals surface area (Å²) >= 11 is 1.11. The maximum atomic E-state index is 11.9. The molecule has 0 saturated heterocycles. The third-order valence-corrected chi connectivity index (χ3v) is 3.00. The lowest BCUT2D eigenvalue weighted by Crippen LogP contribution is -2.24. The Balaban J connectivity index is 2.23. The molecule has 0 atom stereocenters. The molecule has 2 N–H and O–H groups in total. The maximum absolute atomic E-state index is 11.9. The van der Waals surface area contributed by atoms with Gasteiger partial charge in [0, 0.05) is 19.5 Å². The minimum absolute atomic E-state index is 0.00252. The summed E-state index contributed by atoms with van der Waals surface area (Å²) in [7, 11) is 0. The maximum Gasteiger partial charge on any atom is 0.389 e. The van der Waals surface area contributed by atoms with Crippen LogP contribution in [0.1, 0.15) is 36.0 Å². The number of anilines is 1. The van der Waals surface area contributed by atoms with Crippen LogP contribution in [-0.2, 0) is 0 Å². The van der Waals surface area contributed by atoms with Gasteiger partial charge in [0.2, 0.25) is 10.1 Å². The lowest BCUT2D eigenvalue weighted by molar-refractivity contribution is -0.135. The minimum atomic E-state index is -4.13. The van der Waals surface area contributed by atoms with Gasteiger partial charge in [-0.3, -0.25) is 4.79 Å². The van der Waals surface area contributed by atoms with Gasteiger partial charge in [0.05, 0.1) is 0 Å². The first-order valence-electron chi connectivity index (χ1n) is 5.84. The molecule has 1 rings (SSSR count). The quantitative estimate of drug-likeness (QED) is 0.758. The molecule has 0 aromatic carbocycles. The molecule has 0 spiro atoms. The van der Waals surface area contributed by atoms with Crippen molar-refractivity contribution in [2.45, 2.75) is 32.4 Å². The largest absolute Gasteiger partial charge is 0.389 e. The minimum Gasteiger partial charge on any atom is -0.360 e. The number of amides is 1. The lowest BCUT2D eigenvalue weighted by atomic mass is 10.2. The topological polar surface area (TPSA) is 66.9 Å². The standard InChI is InChI=1S/C10H15F3N4OS/c1-2-14-9-17-16-8(19-9)7(18)15-6-4-3-5-10(11,12)13/h2-6H2,1H3,(H,14,17)(H,15,18). The van der Waals surface area contributed by atoms with Crippen molar-refractivity contribution in [3.63, 3.8) is 0 Å². The van der Waals surface area contributed by atoms with Crippen LogP contribution < -0.4 is 10.6 Å². The van der Waals surface area contributed by atoms with E-state index >= 15 is 0 Å². The van der Waals surface area contributed by atoms with E-state index in [1.54, 1.807) is 0 Å². The fourth-order valence-electron chi connectivity index (χ4n) is 1.27. The molecule has 0 aliphatic rings. The fourth-order valence-corrected chi connectivity index (χ4v) is 1.99. The molecule has 19 heavy (non-hydrogen) atoms. The summed E-state index contributed by atoms with van der Waals surface area (Å²) in [6.07, 6.45) is -4.68. The summed E-state index contributed by atoms with van der Waals surface area (Å²) < 4.78 is 35.6. The van der Waals surface area contributed by atoms with E-state index in [4.69, 9.17) is 0 Å². The van der Waals surface area contributed by atoms with Gasteiger partial charge in [0.25, 0.3) is 5.91 Å². The van der Waals surface area contributed by atoms with Crippen molar-refractivity contribution in [3.8, 4) is 0 Å². The second-order valence-electron chi connectivity index (χ2n) is 3.77. The smallest absolute Gasteiger partial charge is 0.360 e. The average molecular weight is 296 g/mol. The van der Waals surface area contributed by atoms with E-state index in [9.17, 15) is 18.0 Å². The van der Waals surface area contributed by atoms with Crippen LogP contribution in [0, 0.1) is 0 Å². The van der Waals surface area contributed by atoms with Crippen molar-refractivity contribution >= 4 is 22.4 Å². The Morgan fingerprint density at radius 2 is 2.05 bits per heavy atom. The van der Waals surface area contributed by atoms with Crippen molar-refractivity contribution in [3.05, 3.63) is 5.01 Å². The van der Waals surface area contributed by atoms with Gasteiger partial charge in [-0.15, -0.1) is 10.2 Å². The molecule has 0 radical (unpaired) electrons. The van der Waals surface area contributed by atoms with Gasteiger partial charge < -0.3 is 10.6 Å². The number of rotatable bonds is 7. The summed E-state index contributed by atoms with van der Waals surface area (Å²) in [4.78, 5) is 11.6. The number of alkyl halides is 3. The molecule has 0 aliphatic carbocycles. The number of unbranched alkanes of at least 4 members (excludes halogenated alkanes) is 1. The van der Waals surface area contributed by atoms with E-state index in [-0.39, 0.29) is 24.4 Å². The third-order valence-electron chi connectivity index (χ3n) is 2.12. The Bertz CT molecular complexity index is 408. The first-order valence-corrected chi connectivity index (χ1v) is 6.66. The number of hydrogen-bond donors (Lipinski definition) is 2. The highest BCUT2D eigenvalue weighted by Crippen LogP contribution is 2.21. The number of nitrogens with one attached hydrogen (secondary N) is 2. The summed E-state index contributed by atoms with van der Waals surface area (Å²) in [5.74, 6) is -0.409. The highest BCUT2D eigenvalue weighted by molar-refractivity contribution is 7.17. The van der Waals surface area contributed by atoms with Gasteiger partial charge in [-0.25, -0.2) is 0 Å². The summed E-state index contributed by atoms with van der Waals surface area (Å²) in [5.41, 5.74) is 0. The van der Waals surface area contributed by atoms with E-state index in [0.29, 0.717) is 11.7 Å². The SMILES string of the molecule is CCNc1nnc(C(=O)NCCCCC(F)(F)F)s1. The third kappa shape index (κ3) is 6.37. The van der Waals surface area contributed by atoms with E-state index in [1.807, 2.05) is 6.92 Å². The summed E-state index contributed by atoms with van der Waals surface area (Å²) in [6, 6.07) is 0. The highest BCUT2D eigenvalue weighted by Gasteiger charge is 2.25. The van der Waals surface area contributed by atoms with Gasteiger partial charge in [-0.05, 0) is 19.8 Å². The fraction of sp³-hybridized carbons (Fsp3) is 0.700. The molecule has 0 aliphatic heterocycles. The zero-order valence-electron chi connectivity index (χ0n) is 10.4. The zero-order valence-corrected chi connectivity index (χ0v) is 11.2. The van der Waals surface area contributed by atoms with Crippen LogP contribution in [0.4, 0.5) is 18.3 Å². The Morgan fingerprint density at radius 1 is 1.32 bits per heavy atom. The number of aromatic nitrogens is 2. The van der Waals surface area contributed by atoms with Crippen LogP contribution in [0.3, 0.4) is 0 Å². The predicted molar refractivity (Wildman–Crippen MR) is 66.3 cm³/mol. The van der Waals surface area contributed by atoms with Gasteiger partial charge >= 0.3 is 6.18 Å². The highest BCUT2D eigenvalue weighted by atomic mass is 32.1. The number of carbonyl (C=O) groups is 1. The van der Waals surface area contributed by atoms with Crippen LogP contribution in [0.15, 0.2) is 0 Å². The molecule has 0 saturated carbocycles. The molecule has 5 nitrogen and oxygen atoms in total. The van der Waals surface area contributed by atoms with Crippen molar-refractivity contribution in [2.24, 2.45) is 0 Å². The molecule has 0 bridgehead atoms. The molecule has 9 heteroatoms. The Morgan fingerprint density at radius 3 is 2.68 bits per heavy atom. The van der Waals surface area contributed by atoms with E-state index in [1.165, 1.54) is 0 Å². The Labute approximate surface area is 112 Å². The van der Waals surface area contributed by atoms with Crippen LogP contribution in [0.25, 0.3) is 0 Å². The molecule has 0 unspecified atom stereocenters. The summed E-state index contributed by atoms with van der Waals surface area (Å²) in [6.45, 7) is 2.76. The first kappa shape index (κ1) is 15.7. The molecule has 108 valence electrons. The van der Waals surface area contributed by atoms with Crippen LogP contribution in [-0.4, -0.2) is 35.4 Å². The molecule has 0 fully saturated rings. The Hall–Kier alpha value is -1.38. The second kappa shape index (κ2) is 7.27. The van der Waals surface area contributed by atoms with Gasteiger partial charge in [0.15, 0.2) is 0 Å². The van der Waals surface area contributed by atoms with Crippen molar-refractivity contribution in [1.29, 1.82) is 0 Å². The normalized spacial score (nSPS) is 11.4. The molecule has 1 aromatic rings. The summed E-state index contributed by atoms with van der Waals surface area (Å²) in [5, 5.41) is 13.6. The molecular formula is C10H15F3N4OS. The van der Waals surface area contributed by atoms with Crippen molar-refractivity contribution in [2.75, 3.05) is 18.4 Å². The van der Waals surface area contributed by atoms with Crippen LogP contribution in [0.2, 0.25) is 0 Å². The van der Waals surface area contributed by atoms with E-state index < -0.39 is 18.5 Å². The number of nitrogens with zero attached hydrogens (tertiary/aromatic N) is 2.